The van der Waals surface area contributed by atoms with Gasteiger partial charge in [0.1, 0.15) is 48.8 Å². The highest BCUT2D eigenvalue weighted by atomic mass is 16.7. The first kappa shape index (κ1) is 30.2. The third kappa shape index (κ3) is 7.50. The van der Waals surface area contributed by atoms with E-state index in [1.54, 1.807) is 0 Å². The molecular weight excluding hydrogens is 474 g/mol. The number of carbonyl (C=O) groups is 1. The van der Waals surface area contributed by atoms with Gasteiger partial charge in [-0.15, -0.1) is 0 Å². The summed E-state index contributed by atoms with van der Waals surface area (Å²) >= 11 is 0. The average Bonchev–Trinajstić information content (AvgIpc) is 2.85. The Morgan fingerprint density at radius 2 is 1.14 bits per heavy atom. The smallest absolute Gasteiger partial charge is 0.223 e. The Morgan fingerprint density at radius 1 is 0.743 bits per heavy atom. The normalized spacial score (nSPS) is 38.2. The highest BCUT2D eigenvalue weighted by molar-refractivity contribution is 5.78. The molecule has 2 rings (SSSR count). The molecule has 0 bridgehead atoms. The highest BCUT2D eigenvalue weighted by Crippen LogP contribution is 2.24. The van der Waals surface area contributed by atoms with Crippen molar-refractivity contribution < 1.29 is 64.6 Å². The van der Waals surface area contributed by atoms with E-state index < -0.39 is 80.7 Å². The Hall–Kier alpha value is -1.01. The van der Waals surface area contributed by atoms with Crippen molar-refractivity contribution >= 4 is 5.91 Å². The first-order chi connectivity index (χ1) is 16.6. The van der Waals surface area contributed by atoms with E-state index >= 15 is 0 Å². The summed E-state index contributed by atoms with van der Waals surface area (Å²) < 4.78 is 21.6. The summed E-state index contributed by atoms with van der Waals surface area (Å²) in [7, 11) is 0. The molecule has 0 aromatic rings. The zero-order valence-electron chi connectivity index (χ0n) is 19.8. The van der Waals surface area contributed by atoms with Gasteiger partial charge in [-0.1, -0.05) is 13.8 Å². The maximum Gasteiger partial charge on any atom is 0.223 e. The van der Waals surface area contributed by atoms with Gasteiger partial charge in [-0.05, 0) is 12.8 Å². The average molecular weight is 514 g/mol. The zero-order chi connectivity index (χ0) is 26.3. The Balaban J connectivity index is 2.07. The number of nitrogens with one attached hydrogen (secondary N) is 1. The minimum atomic E-state index is -1.64. The molecule has 0 saturated carbocycles. The van der Waals surface area contributed by atoms with E-state index in [0.29, 0.717) is 12.8 Å². The van der Waals surface area contributed by atoms with Gasteiger partial charge < -0.3 is 65.1 Å². The van der Waals surface area contributed by atoms with Gasteiger partial charge in [-0.25, -0.2) is 0 Å². The Morgan fingerprint density at radius 3 is 1.49 bits per heavy atom. The maximum atomic E-state index is 12.6. The summed E-state index contributed by atoms with van der Waals surface area (Å²) in [6.07, 6.45) is -13.8. The first-order valence-electron chi connectivity index (χ1n) is 11.7. The van der Waals surface area contributed by atoms with E-state index in [4.69, 9.17) is 18.9 Å². The summed E-state index contributed by atoms with van der Waals surface area (Å²) in [6.45, 7) is 1.78. The molecule has 0 aromatic heterocycles. The van der Waals surface area contributed by atoms with Crippen LogP contribution in [-0.4, -0.2) is 141 Å². The Kier molecular flexibility index (Phi) is 12.1. The molecule has 0 spiro atoms. The molecular formula is C21H39NO13. The first-order valence-corrected chi connectivity index (χ1v) is 11.7. The van der Waals surface area contributed by atoms with E-state index in [0.717, 1.165) is 0 Å². The van der Waals surface area contributed by atoms with E-state index in [2.05, 4.69) is 5.32 Å². The molecule has 2 aliphatic heterocycles. The number of carbonyl (C=O) groups excluding carboxylic acids is 1. The second-order valence-electron chi connectivity index (χ2n) is 8.78. The van der Waals surface area contributed by atoms with Gasteiger partial charge in [0, 0.05) is 5.92 Å². The van der Waals surface area contributed by atoms with Crippen LogP contribution >= 0.6 is 0 Å². The number of aliphatic hydroxyl groups is 8. The molecule has 0 aromatic carbocycles. The Bertz CT molecular complexity index is 594. The summed E-state index contributed by atoms with van der Waals surface area (Å²) in [4.78, 5) is 12.6. The molecule has 2 aliphatic rings. The third-order valence-electron chi connectivity index (χ3n) is 6.32. The monoisotopic (exact) mass is 513 g/mol. The minimum Gasteiger partial charge on any atom is -0.394 e. The van der Waals surface area contributed by atoms with Crippen molar-refractivity contribution in [1.29, 1.82) is 0 Å². The van der Waals surface area contributed by atoms with Crippen molar-refractivity contribution in [3.63, 3.8) is 0 Å². The van der Waals surface area contributed by atoms with Crippen LogP contribution in [0.15, 0.2) is 0 Å². The molecule has 14 nitrogen and oxygen atoms in total. The van der Waals surface area contributed by atoms with Crippen LogP contribution in [0.25, 0.3) is 0 Å². The van der Waals surface area contributed by atoms with E-state index in [1.807, 2.05) is 13.8 Å². The van der Waals surface area contributed by atoms with Crippen molar-refractivity contribution in [2.75, 3.05) is 26.4 Å². The lowest BCUT2D eigenvalue weighted by atomic mass is 9.99. The topological polar surface area (TPSA) is 228 Å². The SMILES string of the molecule is CCC(CC)C(=O)NC(CO[C@H]1O[C@H](CO)[C@@H](O)[C@H](O)[C@@H]1O)CO[C@H]1O[C@H](CO)[C@@H](O)[C@H](O)[C@@H]1O. The predicted molar refractivity (Wildman–Crippen MR) is 115 cm³/mol. The molecule has 0 aliphatic carbocycles. The number of amides is 1. The fraction of sp³-hybridized carbons (Fsp3) is 0.952. The van der Waals surface area contributed by atoms with Crippen LogP contribution in [0.1, 0.15) is 26.7 Å². The summed E-state index contributed by atoms with van der Waals surface area (Å²) in [5, 5.41) is 81.4. The quantitative estimate of drug-likeness (QED) is 0.120. The molecule has 2 fully saturated rings. The van der Waals surface area contributed by atoms with Gasteiger partial charge in [-0.2, -0.15) is 0 Å². The minimum absolute atomic E-state index is 0.308. The standard InChI is InChI=1S/C21H39NO13/c1-3-9(4-2)19(31)22-10(7-32-20-17(29)15(27)13(25)11(5-23)34-20)8-33-21-18(30)16(28)14(26)12(6-24)35-21/h9-18,20-21,23-30H,3-8H2,1-2H3,(H,22,31)/t11-,12-,13-,14-,15+,16+,17+,18+,20+,21+/m1/s1. The van der Waals surface area contributed by atoms with Crippen molar-refractivity contribution in [3.05, 3.63) is 0 Å². The second-order valence-corrected chi connectivity index (χ2v) is 8.78. The predicted octanol–water partition coefficient (Wildman–Crippen LogP) is -4.46. The fourth-order valence-corrected chi connectivity index (χ4v) is 3.94. The number of rotatable bonds is 12. The molecule has 206 valence electrons. The van der Waals surface area contributed by atoms with Crippen LogP contribution in [-0.2, 0) is 23.7 Å². The molecule has 10 atom stereocenters. The van der Waals surface area contributed by atoms with Gasteiger partial charge in [0.2, 0.25) is 5.91 Å². The van der Waals surface area contributed by atoms with E-state index in [-0.39, 0.29) is 25.0 Å². The van der Waals surface area contributed by atoms with Gasteiger partial charge in [0.15, 0.2) is 12.6 Å². The zero-order valence-corrected chi connectivity index (χ0v) is 19.8. The number of ether oxygens (including phenoxy) is 4. The molecule has 0 unspecified atom stereocenters. The van der Waals surface area contributed by atoms with Crippen LogP contribution < -0.4 is 5.32 Å². The summed E-state index contributed by atoms with van der Waals surface area (Å²) in [6, 6.07) is -0.886. The van der Waals surface area contributed by atoms with Crippen molar-refractivity contribution in [1.82, 2.24) is 5.32 Å². The van der Waals surface area contributed by atoms with Crippen LogP contribution in [0, 0.1) is 5.92 Å². The molecule has 35 heavy (non-hydrogen) atoms. The van der Waals surface area contributed by atoms with Crippen molar-refractivity contribution in [2.24, 2.45) is 5.92 Å². The molecule has 2 saturated heterocycles. The lowest BCUT2D eigenvalue weighted by molar-refractivity contribution is -0.309. The Labute approximate surface area is 203 Å². The lowest BCUT2D eigenvalue weighted by Crippen LogP contribution is -2.60. The molecule has 0 radical (unpaired) electrons. The molecule has 1 amide bonds. The lowest BCUT2D eigenvalue weighted by Gasteiger charge is -2.41. The summed E-state index contributed by atoms with van der Waals surface area (Å²) in [5.41, 5.74) is 0. The van der Waals surface area contributed by atoms with Gasteiger partial charge in [0.25, 0.3) is 0 Å². The van der Waals surface area contributed by atoms with Crippen LogP contribution in [0.4, 0.5) is 0 Å². The van der Waals surface area contributed by atoms with Gasteiger partial charge in [-0.3, -0.25) is 4.79 Å². The largest absolute Gasteiger partial charge is 0.394 e. The number of hydrogen-bond donors (Lipinski definition) is 9. The third-order valence-corrected chi connectivity index (χ3v) is 6.32. The van der Waals surface area contributed by atoms with Crippen LogP contribution in [0.3, 0.4) is 0 Å². The van der Waals surface area contributed by atoms with E-state index in [9.17, 15) is 45.6 Å². The molecule has 2 heterocycles. The fourth-order valence-electron chi connectivity index (χ4n) is 3.94. The van der Waals surface area contributed by atoms with Crippen LogP contribution in [0.2, 0.25) is 0 Å². The van der Waals surface area contributed by atoms with Crippen molar-refractivity contribution in [2.45, 2.75) is 94.1 Å². The van der Waals surface area contributed by atoms with Gasteiger partial charge in [0.05, 0.1) is 32.5 Å². The number of hydrogen-bond acceptors (Lipinski definition) is 13. The highest BCUT2D eigenvalue weighted by Gasteiger charge is 2.45. The van der Waals surface area contributed by atoms with Crippen LogP contribution in [0.5, 0.6) is 0 Å². The maximum absolute atomic E-state index is 12.6. The molecule has 14 heteroatoms. The van der Waals surface area contributed by atoms with Gasteiger partial charge >= 0.3 is 0 Å². The second kappa shape index (κ2) is 14.1. The van der Waals surface area contributed by atoms with E-state index in [1.165, 1.54) is 0 Å². The van der Waals surface area contributed by atoms with Crippen molar-refractivity contribution in [3.8, 4) is 0 Å². The number of aliphatic hydroxyl groups excluding tert-OH is 8. The molecule has 9 N–H and O–H groups in total. The summed E-state index contributed by atoms with van der Waals surface area (Å²) in [5.74, 6) is -0.619.